The van der Waals surface area contributed by atoms with Crippen LogP contribution in [0.15, 0.2) is 83.3 Å². The molecule has 1 saturated heterocycles. The minimum Gasteiger partial charge on any atom is -0.488 e. The molecule has 5 heteroatoms. The number of benzene rings is 3. The number of rotatable bonds is 6. The lowest BCUT2D eigenvalue weighted by Crippen LogP contribution is -2.48. The van der Waals surface area contributed by atoms with E-state index in [-0.39, 0.29) is 0 Å². The maximum Gasteiger partial charge on any atom is 0.130 e. The van der Waals surface area contributed by atoms with E-state index in [4.69, 9.17) is 17.0 Å². The van der Waals surface area contributed by atoms with Gasteiger partial charge in [0, 0.05) is 37.2 Å². The fourth-order valence-corrected chi connectivity index (χ4v) is 4.35. The van der Waals surface area contributed by atoms with Crippen molar-refractivity contribution in [2.45, 2.75) is 13.2 Å². The zero-order valence-corrected chi connectivity index (χ0v) is 19.2. The number of hydrogen-bond acceptors (Lipinski definition) is 3. The van der Waals surface area contributed by atoms with Crippen molar-refractivity contribution < 1.29 is 4.74 Å². The molecule has 154 valence electrons. The highest BCUT2D eigenvalue weighted by Crippen LogP contribution is 2.27. The fourth-order valence-electron chi connectivity index (χ4n) is 3.65. The normalized spacial score (nSPS) is 14.5. The van der Waals surface area contributed by atoms with Gasteiger partial charge in [0.2, 0.25) is 0 Å². The molecule has 3 nitrogen and oxygen atoms in total. The van der Waals surface area contributed by atoms with Crippen LogP contribution in [-0.4, -0.2) is 41.0 Å². The Labute approximate surface area is 192 Å². The molecule has 0 N–H and O–H groups in total. The monoisotopic (exact) mass is 480 g/mol. The smallest absolute Gasteiger partial charge is 0.130 e. The molecule has 1 fully saturated rings. The van der Waals surface area contributed by atoms with Crippen molar-refractivity contribution >= 4 is 33.1 Å². The third-order valence-corrected chi connectivity index (χ3v) is 6.29. The Morgan fingerprint density at radius 1 is 0.833 bits per heavy atom. The second kappa shape index (κ2) is 10.2. The van der Waals surface area contributed by atoms with Gasteiger partial charge in [-0.15, -0.1) is 0 Å². The van der Waals surface area contributed by atoms with Gasteiger partial charge >= 0.3 is 0 Å². The van der Waals surface area contributed by atoms with Gasteiger partial charge in [0.25, 0.3) is 0 Å². The number of thiocarbonyl (C=S) groups is 1. The Balaban J connectivity index is 1.40. The molecule has 3 aromatic carbocycles. The van der Waals surface area contributed by atoms with Crippen molar-refractivity contribution in [3.8, 4) is 5.75 Å². The second-order valence-corrected chi connectivity index (χ2v) is 8.77. The summed E-state index contributed by atoms with van der Waals surface area (Å²) in [5, 5.41) is 0. The molecule has 30 heavy (non-hydrogen) atoms. The third-order valence-electron chi connectivity index (χ3n) is 5.32. The highest BCUT2D eigenvalue weighted by atomic mass is 79.9. The predicted octanol–water partition coefficient (Wildman–Crippen LogP) is 5.52. The van der Waals surface area contributed by atoms with Gasteiger partial charge < -0.3 is 9.64 Å². The van der Waals surface area contributed by atoms with Crippen LogP contribution in [0.25, 0.3) is 0 Å². The number of ether oxygens (including phenoxy) is 1. The van der Waals surface area contributed by atoms with Crippen LogP contribution in [0.3, 0.4) is 0 Å². The molecule has 0 radical (unpaired) electrons. The van der Waals surface area contributed by atoms with Gasteiger partial charge in [0.05, 0.1) is 5.56 Å². The second-order valence-electron chi connectivity index (χ2n) is 7.47. The average Bonchev–Trinajstić information content (AvgIpc) is 2.80. The fraction of sp³-hybridized carbons (Fsp3) is 0.240. The van der Waals surface area contributed by atoms with Crippen LogP contribution >= 0.6 is 28.1 Å². The molecule has 1 aliphatic heterocycles. The Hall–Kier alpha value is -2.21. The van der Waals surface area contributed by atoms with E-state index in [9.17, 15) is 0 Å². The topological polar surface area (TPSA) is 15.7 Å². The van der Waals surface area contributed by atoms with Crippen molar-refractivity contribution in [1.82, 2.24) is 9.80 Å². The van der Waals surface area contributed by atoms with Gasteiger partial charge in [-0.05, 0) is 29.3 Å². The lowest BCUT2D eigenvalue weighted by atomic mass is 10.1. The molecular weight excluding hydrogens is 456 g/mol. The van der Waals surface area contributed by atoms with Crippen molar-refractivity contribution in [2.75, 3.05) is 26.2 Å². The van der Waals surface area contributed by atoms with Crippen molar-refractivity contribution in [2.24, 2.45) is 0 Å². The van der Waals surface area contributed by atoms with Gasteiger partial charge in [-0.3, -0.25) is 4.90 Å². The van der Waals surface area contributed by atoms with E-state index in [1.807, 2.05) is 30.3 Å². The van der Waals surface area contributed by atoms with E-state index in [2.05, 4.69) is 74.3 Å². The summed E-state index contributed by atoms with van der Waals surface area (Å²) in [4.78, 5) is 5.65. The van der Waals surface area contributed by atoms with E-state index in [0.29, 0.717) is 6.61 Å². The predicted molar refractivity (Wildman–Crippen MR) is 130 cm³/mol. The average molecular weight is 481 g/mol. The molecule has 0 spiro atoms. The summed E-state index contributed by atoms with van der Waals surface area (Å²) < 4.78 is 7.15. The van der Waals surface area contributed by atoms with E-state index >= 15 is 0 Å². The van der Waals surface area contributed by atoms with E-state index < -0.39 is 0 Å². The summed E-state index contributed by atoms with van der Waals surface area (Å²) in [6.45, 7) is 5.38. The van der Waals surface area contributed by atoms with Crippen LogP contribution in [-0.2, 0) is 13.2 Å². The quantitative estimate of drug-likeness (QED) is 0.431. The van der Waals surface area contributed by atoms with Crippen molar-refractivity contribution in [1.29, 1.82) is 0 Å². The number of nitrogens with zero attached hydrogens (tertiary/aromatic N) is 2. The standard InChI is InChI=1S/C25H25BrN2OS/c26-22-11-12-24(29-19-21-9-5-2-6-10-21)23(17-22)25(30)28-15-13-27(14-16-28)18-20-7-3-1-4-8-20/h1-12,17H,13-16,18-19H2. The molecular formula is C25H25BrN2OS. The first-order valence-corrected chi connectivity index (χ1v) is 11.4. The molecule has 0 unspecified atom stereocenters. The number of piperazine rings is 1. The minimum absolute atomic E-state index is 0.531. The van der Waals surface area contributed by atoms with E-state index in [0.717, 1.165) is 59.1 Å². The molecule has 0 bridgehead atoms. The van der Waals surface area contributed by atoms with Crippen molar-refractivity contribution in [3.63, 3.8) is 0 Å². The summed E-state index contributed by atoms with van der Waals surface area (Å²) in [7, 11) is 0. The summed E-state index contributed by atoms with van der Waals surface area (Å²) in [6.07, 6.45) is 0. The molecule has 0 atom stereocenters. The van der Waals surface area contributed by atoms with Gasteiger partial charge in [-0.25, -0.2) is 0 Å². The van der Waals surface area contributed by atoms with E-state index in [1.54, 1.807) is 0 Å². The largest absolute Gasteiger partial charge is 0.488 e. The first kappa shape index (κ1) is 21.0. The molecule has 1 aliphatic rings. The lowest BCUT2D eigenvalue weighted by Gasteiger charge is -2.36. The van der Waals surface area contributed by atoms with Crippen LogP contribution in [0.4, 0.5) is 0 Å². The zero-order valence-electron chi connectivity index (χ0n) is 16.8. The zero-order chi connectivity index (χ0) is 20.8. The van der Waals surface area contributed by atoms with Crippen LogP contribution in [0.2, 0.25) is 0 Å². The SMILES string of the molecule is S=C(c1cc(Br)ccc1OCc1ccccc1)N1CCN(Cc2ccccc2)CC1. The Morgan fingerprint density at radius 2 is 1.47 bits per heavy atom. The molecule has 4 rings (SSSR count). The van der Waals surface area contributed by atoms with Crippen LogP contribution < -0.4 is 4.74 Å². The lowest BCUT2D eigenvalue weighted by molar-refractivity contribution is 0.177. The van der Waals surface area contributed by atoms with Crippen LogP contribution in [0, 0.1) is 0 Å². The molecule has 3 aromatic rings. The van der Waals surface area contributed by atoms with Crippen molar-refractivity contribution in [3.05, 3.63) is 100 Å². The van der Waals surface area contributed by atoms with Crippen LogP contribution in [0.5, 0.6) is 5.75 Å². The molecule has 0 aliphatic carbocycles. The summed E-state index contributed by atoms with van der Waals surface area (Å²) in [5.74, 6) is 0.832. The third kappa shape index (κ3) is 5.48. The summed E-state index contributed by atoms with van der Waals surface area (Å²) in [5.41, 5.74) is 3.48. The van der Waals surface area contributed by atoms with E-state index in [1.165, 1.54) is 5.56 Å². The summed E-state index contributed by atoms with van der Waals surface area (Å²) in [6, 6.07) is 26.9. The molecule has 0 aromatic heterocycles. The van der Waals surface area contributed by atoms with Crippen LogP contribution in [0.1, 0.15) is 16.7 Å². The van der Waals surface area contributed by atoms with Gasteiger partial charge in [0.1, 0.15) is 17.3 Å². The number of hydrogen-bond donors (Lipinski definition) is 0. The van der Waals surface area contributed by atoms with Gasteiger partial charge in [-0.1, -0.05) is 88.8 Å². The van der Waals surface area contributed by atoms with Gasteiger partial charge in [-0.2, -0.15) is 0 Å². The first-order chi connectivity index (χ1) is 14.7. The molecule has 0 saturated carbocycles. The Kier molecular flexibility index (Phi) is 7.16. The van der Waals surface area contributed by atoms with Gasteiger partial charge in [0.15, 0.2) is 0 Å². The molecule has 0 amide bonds. The number of halogens is 1. The Morgan fingerprint density at radius 3 is 2.13 bits per heavy atom. The summed E-state index contributed by atoms with van der Waals surface area (Å²) >= 11 is 9.48. The Bertz CT molecular complexity index is 973. The highest BCUT2D eigenvalue weighted by molar-refractivity contribution is 9.10. The first-order valence-electron chi connectivity index (χ1n) is 10.2. The maximum atomic E-state index is 6.14. The molecule has 1 heterocycles. The maximum absolute atomic E-state index is 6.14. The highest BCUT2D eigenvalue weighted by Gasteiger charge is 2.22. The minimum atomic E-state index is 0.531.